The van der Waals surface area contributed by atoms with E-state index in [0.717, 1.165) is 12.8 Å². The van der Waals surface area contributed by atoms with Crippen molar-refractivity contribution in [2.75, 3.05) is 0 Å². The molecule has 0 aliphatic heterocycles. The van der Waals surface area contributed by atoms with E-state index in [2.05, 4.69) is 5.32 Å². The lowest BCUT2D eigenvalue weighted by atomic mass is 9.89. The van der Waals surface area contributed by atoms with E-state index in [0.29, 0.717) is 12.8 Å². The summed E-state index contributed by atoms with van der Waals surface area (Å²) < 4.78 is 0. The highest BCUT2D eigenvalue weighted by Crippen LogP contribution is 2.18. The van der Waals surface area contributed by atoms with Crippen LogP contribution in [0, 0.1) is 0 Å². The van der Waals surface area contributed by atoms with Crippen LogP contribution in [0.1, 0.15) is 46.5 Å². The lowest BCUT2D eigenvalue weighted by molar-refractivity contribution is -0.131. The van der Waals surface area contributed by atoms with Crippen molar-refractivity contribution in [3.8, 4) is 0 Å². The third-order valence-electron chi connectivity index (χ3n) is 2.45. The normalized spacial score (nSPS) is 14.5. The van der Waals surface area contributed by atoms with Gasteiger partial charge >= 0.3 is 0 Å². The largest absolute Gasteiger partial charge is 0.368 e. The molecule has 0 rings (SSSR count). The molecule has 0 aliphatic rings. The number of nitrogens with one attached hydrogen (secondary N) is 1. The van der Waals surface area contributed by atoms with Gasteiger partial charge in [0, 0.05) is 6.92 Å². The van der Waals surface area contributed by atoms with Gasteiger partial charge in [0.25, 0.3) is 0 Å². The predicted octanol–water partition coefficient (Wildman–Crippen LogP) is 0.947. The fourth-order valence-corrected chi connectivity index (χ4v) is 1.50. The minimum absolute atomic E-state index is 0.207. The summed E-state index contributed by atoms with van der Waals surface area (Å²) >= 11 is 0. The molecule has 4 heteroatoms. The van der Waals surface area contributed by atoms with Crippen molar-refractivity contribution < 1.29 is 9.59 Å². The van der Waals surface area contributed by atoms with Gasteiger partial charge in [-0.3, -0.25) is 9.59 Å². The van der Waals surface area contributed by atoms with E-state index in [-0.39, 0.29) is 5.91 Å². The number of carbonyl (C=O) groups is 2. The van der Waals surface area contributed by atoms with Crippen molar-refractivity contribution in [3.05, 3.63) is 0 Å². The van der Waals surface area contributed by atoms with E-state index < -0.39 is 11.4 Å². The monoisotopic (exact) mass is 200 g/mol. The summed E-state index contributed by atoms with van der Waals surface area (Å²) in [4.78, 5) is 22.3. The summed E-state index contributed by atoms with van der Waals surface area (Å²) in [5.41, 5.74) is 4.47. The Kier molecular flexibility index (Phi) is 5.20. The van der Waals surface area contributed by atoms with Gasteiger partial charge < -0.3 is 11.1 Å². The number of rotatable bonds is 6. The number of hydrogen-bond acceptors (Lipinski definition) is 2. The lowest BCUT2D eigenvalue weighted by Gasteiger charge is -2.30. The summed E-state index contributed by atoms with van der Waals surface area (Å²) in [6.07, 6.45) is 3.03. The van der Waals surface area contributed by atoms with E-state index in [1.165, 1.54) is 6.92 Å². The quantitative estimate of drug-likeness (QED) is 0.670. The number of nitrogens with two attached hydrogens (primary N) is 1. The van der Waals surface area contributed by atoms with Crippen LogP contribution in [0.25, 0.3) is 0 Å². The van der Waals surface area contributed by atoms with Gasteiger partial charge in [-0.2, -0.15) is 0 Å². The van der Waals surface area contributed by atoms with Crippen LogP contribution in [0.4, 0.5) is 0 Å². The molecule has 4 nitrogen and oxygen atoms in total. The molecule has 14 heavy (non-hydrogen) atoms. The van der Waals surface area contributed by atoms with Crippen LogP contribution in [-0.2, 0) is 9.59 Å². The molecule has 0 aliphatic carbocycles. The van der Waals surface area contributed by atoms with Crippen LogP contribution >= 0.6 is 0 Å². The van der Waals surface area contributed by atoms with Gasteiger partial charge in [-0.1, -0.05) is 26.7 Å². The molecular formula is C10H20N2O2. The van der Waals surface area contributed by atoms with Crippen LogP contribution in [0.5, 0.6) is 0 Å². The molecule has 0 bridgehead atoms. The van der Waals surface area contributed by atoms with Crippen molar-refractivity contribution in [1.82, 2.24) is 5.32 Å². The number of primary amides is 1. The average molecular weight is 200 g/mol. The van der Waals surface area contributed by atoms with Gasteiger partial charge in [-0.25, -0.2) is 0 Å². The minimum Gasteiger partial charge on any atom is -0.368 e. The zero-order valence-electron chi connectivity index (χ0n) is 9.22. The van der Waals surface area contributed by atoms with E-state index in [4.69, 9.17) is 5.73 Å². The zero-order chi connectivity index (χ0) is 11.2. The Labute approximate surface area is 85.2 Å². The Morgan fingerprint density at radius 1 is 1.36 bits per heavy atom. The highest BCUT2D eigenvalue weighted by molar-refractivity contribution is 5.89. The van der Waals surface area contributed by atoms with E-state index in [1.54, 1.807) is 0 Å². The van der Waals surface area contributed by atoms with Crippen LogP contribution in [0.2, 0.25) is 0 Å². The van der Waals surface area contributed by atoms with E-state index in [9.17, 15) is 9.59 Å². The first-order chi connectivity index (χ1) is 6.48. The maximum absolute atomic E-state index is 11.3. The Morgan fingerprint density at radius 2 is 1.93 bits per heavy atom. The Bertz CT molecular complexity index is 216. The molecule has 0 spiro atoms. The molecule has 0 saturated heterocycles. The van der Waals surface area contributed by atoms with Crippen LogP contribution in [0.3, 0.4) is 0 Å². The number of hydrogen-bond donors (Lipinski definition) is 2. The molecular weight excluding hydrogens is 180 g/mol. The Morgan fingerprint density at radius 3 is 2.21 bits per heavy atom. The van der Waals surface area contributed by atoms with Gasteiger partial charge in [-0.15, -0.1) is 0 Å². The number of carbonyl (C=O) groups excluding carboxylic acids is 2. The van der Waals surface area contributed by atoms with Crippen LogP contribution < -0.4 is 11.1 Å². The first kappa shape index (κ1) is 12.9. The highest BCUT2D eigenvalue weighted by atomic mass is 16.2. The van der Waals surface area contributed by atoms with Gasteiger partial charge in [0.2, 0.25) is 11.8 Å². The highest BCUT2D eigenvalue weighted by Gasteiger charge is 2.34. The van der Waals surface area contributed by atoms with Crippen molar-refractivity contribution in [1.29, 1.82) is 0 Å². The molecule has 0 radical (unpaired) electrons. The summed E-state index contributed by atoms with van der Waals surface area (Å²) in [6.45, 7) is 5.30. The molecule has 0 saturated carbocycles. The van der Waals surface area contributed by atoms with Gasteiger partial charge in [0.15, 0.2) is 0 Å². The fourth-order valence-electron chi connectivity index (χ4n) is 1.50. The van der Waals surface area contributed by atoms with Gasteiger partial charge in [0.05, 0.1) is 0 Å². The second-order valence-corrected chi connectivity index (χ2v) is 3.58. The summed E-state index contributed by atoms with van der Waals surface area (Å²) in [5, 5.41) is 2.66. The second kappa shape index (κ2) is 5.62. The molecule has 82 valence electrons. The SMILES string of the molecule is CCCCC(CC)(NC(C)=O)C(N)=O. The third-order valence-corrected chi connectivity index (χ3v) is 2.45. The Hall–Kier alpha value is -1.06. The molecule has 1 atom stereocenters. The maximum Gasteiger partial charge on any atom is 0.243 e. The Balaban J connectivity index is 4.60. The van der Waals surface area contributed by atoms with Gasteiger partial charge in [-0.05, 0) is 12.8 Å². The number of unbranched alkanes of at least 4 members (excludes halogenated alkanes) is 1. The molecule has 0 aromatic heterocycles. The molecule has 1 unspecified atom stereocenters. The summed E-state index contributed by atoms with van der Waals surface area (Å²) in [6, 6.07) is 0. The van der Waals surface area contributed by atoms with Crippen molar-refractivity contribution in [2.45, 2.75) is 52.0 Å². The van der Waals surface area contributed by atoms with Crippen molar-refractivity contribution in [3.63, 3.8) is 0 Å². The van der Waals surface area contributed by atoms with Gasteiger partial charge in [0.1, 0.15) is 5.54 Å². The first-order valence-corrected chi connectivity index (χ1v) is 5.07. The first-order valence-electron chi connectivity index (χ1n) is 5.07. The predicted molar refractivity (Wildman–Crippen MR) is 55.6 cm³/mol. The zero-order valence-corrected chi connectivity index (χ0v) is 9.22. The van der Waals surface area contributed by atoms with Crippen LogP contribution in [-0.4, -0.2) is 17.4 Å². The third kappa shape index (κ3) is 3.36. The van der Waals surface area contributed by atoms with E-state index >= 15 is 0 Å². The van der Waals surface area contributed by atoms with E-state index in [1.807, 2.05) is 13.8 Å². The summed E-state index contributed by atoms with van der Waals surface area (Å²) in [5.74, 6) is -0.648. The van der Waals surface area contributed by atoms with Crippen LogP contribution in [0.15, 0.2) is 0 Å². The minimum atomic E-state index is -0.845. The van der Waals surface area contributed by atoms with Crippen molar-refractivity contribution >= 4 is 11.8 Å². The number of amides is 2. The van der Waals surface area contributed by atoms with Crippen molar-refractivity contribution in [2.24, 2.45) is 5.73 Å². The molecule has 3 N–H and O–H groups in total. The standard InChI is InChI=1S/C10H20N2O2/c1-4-6-7-10(5-2,9(11)14)12-8(3)13/h4-7H2,1-3H3,(H2,11,14)(H,12,13). The fraction of sp³-hybridized carbons (Fsp3) is 0.800. The molecule has 2 amide bonds. The molecule has 0 fully saturated rings. The average Bonchev–Trinajstić information content (AvgIpc) is 2.11. The maximum atomic E-state index is 11.3. The lowest BCUT2D eigenvalue weighted by Crippen LogP contribution is -2.56. The topological polar surface area (TPSA) is 72.2 Å². The smallest absolute Gasteiger partial charge is 0.243 e. The molecule has 0 heterocycles. The second-order valence-electron chi connectivity index (χ2n) is 3.58. The molecule has 0 aromatic rings. The molecule has 0 aromatic carbocycles. The summed E-state index contributed by atoms with van der Waals surface area (Å²) in [7, 11) is 0.